The smallest absolute Gasteiger partial charge is 0.357 e. The molecule has 1 heterocycles. The number of unbranched alkanes of at least 4 members (excludes halogenated alkanes) is 3. The zero-order valence-corrected chi connectivity index (χ0v) is 8.82. The Hall–Kier alpha value is -1.52. The predicted octanol–water partition coefficient (Wildman–Crippen LogP) is 2.36. The van der Waals surface area contributed by atoms with E-state index in [1.807, 2.05) is 0 Å². The number of oxazole rings is 1. The van der Waals surface area contributed by atoms with Crippen LogP contribution in [0.25, 0.3) is 0 Å². The number of nitrogens with zero attached hydrogens (tertiary/aromatic N) is 1. The van der Waals surface area contributed by atoms with Crippen molar-refractivity contribution in [1.82, 2.24) is 4.98 Å². The standard InChI is InChI=1S/C10H16N2O3/c1-2-3-4-5-6-11-10-12-8(7-15-10)9(13)14/h7H,2-6H2,1H3,(H,11,12)(H,13,14). The molecule has 0 aliphatic rings. The van der Waals surface area contributed by atoms with E-state index < -0.39 is 5.97 Å². The molecule has 0 fully saturated rings. The third-order valence-electron chi connectivity index (χ3n) is 2.03. The fraction of sp³-hybridized carbons (Fsp3) is 0.600. The van der Waals surface area contributed by atoms with Crippen LogP contribution >= 0.6 is 0 Å². The fourth-order valence-corrected chi connectivity index (χ4v) is 1.20. The van der Waals surface area contributed by atoms with Gasteiger partial charge in [-0.1, -0.05) is 26.2 Å². The molecule has 5 nitrogen and oxygen atoms in total. The monoisotopic (exact) mass is 212 g/mol. The van der Waals surface area contributed by atoms with E-state index in [0.29, 0.717) is 0 Å². The number of carboxylic acid groups (broad SMARTS) is 1. The van der Waals surface area contributed by atoms with Gasteiger partial charge < -0.3 is 14.8 Å². The van der Waals surface area contributed by atoms with Gasteiger partial charge in [-0.25, -0.2) is 4.79 Å². The third kappa shape index (κ3) is 4.01. The molecule has 5 heteroatoms. The molecule has 84 valence electrons. The molecule has 1 aromatic rings. The van der Waals surface area contributed by atoms with Crippen molar-refractivity contribution in [3.8, 4) is 0 Å². The van der Waals surface area contributed by atoms with Gasteiger partial charge in [0.1, 0.15) is 6.26 Å². The second kappa shape index (κ2) is 6.06. The molecule has 0 spiro atoms. The summed E-state index contributed by atoms with van der Waals surface area (Å²) in [4.78, 5) is 14.2. The van der Waals surface area contributed by atoms with Crippen molar-refractivity contribution in [3.63, 3.8) is 0 Å². The van der Waals surface area contributed by atoms with Crippen LogP contribution in [0.5, 0.6) is 0 Å². The maximum absolute atomic E-state index is 10.5. The van der Waals surface area contributed by atoms with Crippen molar-refractivity contribution in [3.05, 3.63) is 12.0 Å². The first-order valence-corrected chi connectivity index (χ1v) is 5.16. The lowest BCUT2D eigenvalue weighted by Gasteiger charge is -2.00. The van der Waals surface area contributed by atoms with Crippen LogP contribution in [0.1, 0.15) is 43.1 Å². The Balaban J connectivity index is 2.23. The summed E-state index contributed by atoms with van der Waals surface area (Å²) in [5.41, 5.74) is -0.0638. The van der Waals surface area contributed by atoms with E-state index >= 15 is 0 Å². The summed E-state index contributed by atoms with van der Waals surface area (Å²) in [5, 5.41) is 11.5. The molecule has 0 aliphatic heterocycles. The Bertz CT molecular complexity index is 309. The molecule has 0 atom stereocenters. The quantitative estimate of drug-likeness (QED) is 0.678. The van der Waals surface area contributed by atoms with E-state index in [1.165, 1.54) is 12.8 Å². The van der Waals surface area contributed by atoms with Crippen LogP contribution in [0.15, 0.2) is 10.7 Å². The number of carbonyl (C=O) groups is 1. The zero-order valence-electron chi connectivity index (χ0n) is 8.82. The number of hydrogen-bond donors (Lipinski definition) is 2. The van der Waals surface area contributed by atoms with E-state index in [9.17, 15) is 4.79 Å². The van der Waals surface area contributed by atoms with Crippen LogP contribution in [-0.4, -0.2) is 22.6 Å². The summed E-state index contributed by atoms with van der Waals surface area (Å²) in [6.45, 7) is 2.92. The largest absolute Gasteiger partial charge is 0.476 e. The van der Waals surface area contributed by atoms with E-state index in [2.05, 4.69) is 17.2 Å². The third-order valence-corrected chi connectivity index (χ3v) is 2.03. The second-order valence-electron chi connectivity index (χ2n) is 3.33. The molecule has 15 heavy (non-hydrogen) atoms. The number of aromatic carboxylic acids is 1. The molecular formula is C10H16N2O3. The first-order chi connectivity index (χ1) is 7.24. The molecule has 0 radical (unpaired) electrons. The molecule has 0 unspecified atom stereocenters. The van der Waals surface area contributed by atoms with Gasteiger partial charge >= 0.3 is 5.97 Å². The van der Waals surface area contributed by atoms with Crippen LogP contribution in [0.4, 0.5) is 6.01 Å². The maximum Gasteiger partial charge on any atom is 0.357 e. The minimum atomic E-state index is -1.07. The Labute approximate surface area is 88.5 Å². The van der Waals surface area contributed by atoms with Gasteiger partial charge in [0.05, 0.1) is 0 Å². The first kappa shape index (κ1) is 11.6. The van der Waals surface area contributed by atoms with Crippen LogP contribution < -0.4 is 5.32 Å². The fourth-order valence-electron chi connectivity index (χ4n) is 1.20. The molecular weight excluding hydrogens is 196 g/mol. The molecule has 1 aromatic heterocycles. The Morgan fingerprint density at radius 1 is 1.53 bits per heavy atom. The minimum absolute atomic E-state index is 0.0638. The van der Waals surface area contributed by atoms with Gasteiger partial charge in [0.25, 0.3) is 6.01 Å². The lowest BCUT2D eigenvalue weighted by Crippen LogP contribution is -2.02. The van der Waals surface area contributed by atoms with Crippen molar-refractivity contribution in [1.29, 1.82) is 0 Å². The Morgan fingerprint density at radius 2 is 2.33 bits per heavy atom. The first-order valence-electron chi connectivity index (χ1n) is 5.16. The molecule has 0 saturated heterocycles. The molecule has 2 N–H and O–H groups in total. The van der Waals surface area contributed by atoms with Crippen LogP contribution in [0, 0.1) is 0 Å². The molecule has 0 aromatic carbocycles. The van der Waals surface area contributed by atoms with Crippen LogP contribution in [0.3, 0.4) is 0 Å². The molecule has 1 rings (SSSR count). The van der Waals surface area contributed by atoms with Gasteiger partial charge in [0, 0.05) is 6.54 Å². The Morgan fingerprint density at radius 3 is 2.93 bits per heavy atom. The van der Waals surface area contributed by atoms with Gasteiger partial charge in [0.2, 0.25) is 0 Å². The zero-order chi connectivity index (χ0) is 11.1. The van der Waals surface area contributed by atoms with Crippen LogP contribution in [0.2, 0.25) is 0 Å². The van der Waals surface area contributed by atoms with Crippen molar-refractivity contribution in [2.75, 3.05) is 11.9 Å². The van der Waals surface area contributed by atoms with Crippen molar-refractivity contribution < 1.29 is 14.3 Å². The van der Waals surface area contributed by atoms with Crippen molar-refractivity contribution >= 4 is 12.0 Å². The highest BCUT2D eigenvalue weighted by Crippen LogP contribution is 2.07. The summed E-state index contributed by atoms with van der Waals surface area (Å²) < 4.78 is 4.93. The highest BCUT2D eigenvalue weighted by molar-refractivity contribution is 5.85. The highest BCUT2D eigenvalue weighted by Gasteiger charge is 2.09. The predicted molar refractivity (Wildman–Crippen MR) is 56.1 cm³/mol. The second-order valence-corrected chi connectivity index (χ2v) is 3.33. The molecule has 0 saturated carbocycles. The van der Waals surface area contributed by atoms with E-state index in [4.69, 9.17) is 9.52 Å². The van der Waals surface area contributed by atoms with E-state index in [-0.39, 0.29) is 11.7 Å². The normalized spacial score (nSPS) is 10.2. The van der Waals surface area contributed by atoms with Gasteiger partial charge in [-0.05, 0) is 6.42 Å². The van der Waals surface area contributed by atoms with Gasteiger partial charge in [-0.15, -0.1) is 0 Å². The molecule has 0 aliphatic carbocycles. The van der Waals surface area contributed by atoms with Crippen LogP contribution in [-0.2, 0) is 0 Å². The number of anilines is 1. The number of carboxylic acids is 1. The average Bonchev–Trinajstić information content (AvgIpc) is 2.66. The van der Waals surface area contributed by atoms with Crippen molar-refractivity contribution in [2.24, 2.45) is 0 Å². The summed E-state index contributed by atoms with van der Waals surface area (Å²) in [6.07, 6.45) is 5.75. The van der Waals surface area contributed by atoms with Gasteiger partial charge in [0.15, 0.2) is 5.69 Å². The number of aromatic nitrogens is 1. The summed E-state index contributed by atoms with van der Waals surface area (Å²) in [6, 6.07) is 0.281. The summed E-state index contributed by atoms with van der Waals surface area (Å²) in [5.74, 6) is -1.07. The number of rotatable bonds is 7. The lowest BCUT2D eigenvalue weighted by atomic mass is 10.2. The average molecular weight is 212 g/mol. The minimum Gasteiger partial charge on any atom is -0.476 e. The number of nitrogens with one attached hydrogen (secondary N) is 1. The van der Waals surface area contributed by atoms with Gasteiger partial charge in [-0.2, -0.15) is 4.98 Å². The summed E-state index contributed by atoms with van der Waals surface area (Å²) in [7, 11) is 0. The Kier molecular flexibility index (Phi) is 4.66. The molecule has 0 amide bonds. The topological polar surface area (TPSA) is 75.4 Å². The van der Waals surface area contributed by atoms with E-state index in [0.717, 1.165) is 25.6 Å². The highest BCUT2D eigenvalue weighted by atomic mass is 16.4. The van der Waals surface area contributed by atoms with Gasteiger partial charge in [-0.3, -0.25) is 0 Å². The maximum atomic E-state index is 10.5. The van der Waals surface area contributed by atoms with E-state index in [1.54, 1.807) is 0 Å². The number of hydrogen-bond acceptors (Lipinski definition) is 4. The van der Waals surface area contributed by atoms with Crippen molar-refractivity contribution in [2.45, 2.75) is 32.6 Å². The SMILES string of the molecule is CCCCCCNc1nc(C(=O)O)co1. The summed E-state index contributed by atoms with van der Waals surface area (Å²) >= 11 is 0. The lowest BCUT2D eigenvalue weighted by molar-refractivity contribution is 0.0690. The molecule has 0 bridgehead atoms.